The molecule has 1 aliphatic rings. The molecule has 3 heteroatoms. The average molecular weight is 215 g/mol. The number of nitrogens with one attached hydrogen (secondary N) is 1. The third kappa shape index (κ3) is 2.81. The summed E-state index contributed by atoms with van der Waals surface area (Å²) in [5.41, 5.74) is 0. The molecular weight excluding hydrogens is 190 g/mol. The lowest BCUT2D eigenvalue weighted by Crippen LogP contribution is -2.41. The molecule has 14 heavy (non-hydrogen) atoms. The first-order valence-electron chi connectivity index (χ1n) is 5.59. The van der Waals surface area contributed by atoms with E-state index in [4.69, 9.17) is 4.43 Å². The van der Waals surface area contributed by atoms with Gasteiger partial charge in [-0.3, -0.25) is 0 Å². The van der Waals surface area contributed by atoms with E-state index >= 15 is 0 Å². The van der Waals surface area contributed by atoms with E-state index in [2.05, 4.69) is 39.2 Å². The smallest absolute Gasteiger partial charge is 0.191 e. The maximum atomic E-state index is 6.15. The van der Waals surface area contributed by atoms with Crippen LogP contribution >= 0.6 is 0 Å². The lowest BCUT2D eigenvalue weighted by atomic mass is 10.2. The van der Waals surface area contributed by atoms with Crippen molar-refractivity contribution in [2.24, 2.45) is 5.92 Å². The normalized spacial score (nSPS) is 27.9. The molecule has 0 aromatic heterocycles. The Hall–Kier alpha value is 0.137. The molecule has 0 aromatic rings. The van der Waals surface area contributed by atoms with Gasteiger partial charge in [-0.2, -0.15) is 0 Å². The third-order valence-electron chi connectivity index (χ3n) is 3.76. The van der Waals surface area contributed by atoms with Gasteiger partial charge < -0.3 is 9.74 Å². The van der Waals surface area contributed by atoms with E-state index < -0.39 is 8.32 Å². The van der Waals surface area contributed by atoms with Gasteiger partial charge in [-0.15, -0.1) is 0 Å². The van der Waals surface area contributed by atoms with Crippen LogP contribution in [0.25, 0.3) is 0 Å². The first-order chi connectivity index (χ1) is 6.28. The highest BCUT2D eigenvalue weighted by molar-refractivity contribution is 6.74. The van der Waals surface area contributed by atoms with Crippen molar-refractivity contribution in [3.63, 3.8) is 0 Å². The van der Waals surface area contributed by atoms with Gasteiger partial charge in [0, 0.05) is 12.6 Å². The Morgan fingerprint density at radius 2 is 1.93 bits per heavy atom. The van der Waals surface area contributed by atoms with Crippen molar-refractivity contribution < 1.29 is 4.43 Å². The van der Waals surface area contributed by atoms with Crippen molar-refractivity contribution >= 4 is 8.32 Å². The molecule has 2 atom stereocenters. The van der Waals surface area contributed by atoms with Crippen molar-refractivity contribution in [2.75, 3.05) is 13.7 Å². The molecule has 0 spiro atoms. The first kappa shape index (κ1) is 12.2. The summed E-state index contributed by atoms with van der Waals surface area (Å²) in [6.45, 7) is 12.5. The minimum Gasteiger partial charge on any atom is -0.416 e. The lowest BCUT2D eigenvalue weighted by molar-refractivity contribution is 0.268. The zero-order valence-electron chi connectivity index (χ0n) is 10.5. The zero-order valence-corrected chi connectivity index (χ0v) is 11.5. The minimum absolute atomic E-state index is 0.344. The van der Waals surface area contributed by atoms with Crippen LogP contribution in [-0.4, -0.2) is 28.0 Å². The summed E-state index contributed by atoms with van der Waals surface area (Å²) >= 11 is 0. The first-order valence-corrected chi connectivity index (χ1v) is 8.50. The molecule has 1 N–H and O–H groups in total. The Morgan fingerprint density at radius 3 is 2.29 bits per heavy atom. The van der Waals surface area contributed by atoms with Crippen LogP contribution in [0, 0.1) is 5.92 Å². The summed E-state index contributed by atoms with van der Waals surface area (Å²) in [5.74, 6) is 0.772. The second-order valence-electron chi connectivity index (χ2n) is 5.96. The molecular formula is C11H25NOSi. The second kappa shape index (κ2) is 3.95. The van der Waals surface area contributed by atoms with E-state index in [1.165, 1.54) is 6.42 Å². The van der Waals surface area contributed by atoms with Crippen LogP contribution in [0.3, 0.4) is 0 Å². The molecule has 0 amide bonds. The molecule has 0 aliphatic heterocycles. The number of hydrogen-bond acceptors (Lipinski definition) is 2. The predicted molar refractivity (Wildman–Crippen MR) is 64.1 cm³/mol. The van der Waals surface area contributed by atoms with Crippen molar-refractivity contribution in [3.8, 4) is 0 Å². The molecule has 2 nitrogen and oxygen atoms in total. The van der Waals surface area contributed by atoms with Gasteiger partial charge in [0.2, 0.25) is 0 Å². The van der Waals surface area contributed by atoms with Gasteiger partial charge in [0.05, 0.1) is 0 Å². The topological polar surface area (TPSA) is 21.3 Å². The van der Waals surface area contributed by atoms with E-state index in [1.54, 1.807) is 0 Å². The molecule has 0 bridgehead atoms. The van der Waals surface area contributed by atoms with Crippen LogP contribution in [0.1, 0.15) is 27.2 Å². The van der Waals surface area contributed by atoms with E-state index in [9.17, 15) is 0 Å². The molecule has 1 rings (SSSR count). The van der Waals surface area contributed by atoms with Crippen LogP contribution in [0.2, 0.25) is 18.1 Å². The standard InChI is InChI=1S/C11H25NOSi/c1-11(2,3)14(5,6)13-8-9-7-10(9)12-4/h9-10,12H,7-8H2,1-6H3. The summed E-state index contributed by atoms with van der Waals surface area (Å²) in [6, 6.07) is 0.722. The summed E-state index contributed by atoms with van der Waals surface area (Å²) in [7, 11) is 0.541. The molecule has 84 valence electrons. The third-order valence-corrected chi connectivity index (χ3v) is 8.26. The van der Waals surface area contributed by atoms with Crippen LogP contribution in [0.15, 0.2) is 0 Å². The van der Waals surface area contributed by atoms with Gasteiger partial charge in [0.25, 0.3) is 0 Å². The SMILES string of the molecule is CNC1CC1CO[Si](C)(C)C(C)(C)C. The Bertz CT molecular complexity index is 198. The fraction of sp³-hybridized carbons (Fsp3) is 1.00. The van der Waals surface area contributed by atoms with Crippen molar-refractivity contribution in [3.05, 3.63) is 0 Å². The zero-order chi connectivity index (χ0) is 11.0. The fourth-order valence-corrected chi connectivity index (χ4v) is 2.38. The average Bonchev–Trinajstić information content (AvgIpc) is 2.77. The van der Waals surface area contributed by atoms with Crippen LogP contribution < -0.4 is 5.32 Å². The summed E-state index contributed by atoms with van der Waals surface area (Å²) in [6.07, 6.45) is 1.30. The quantitative estimate of drug-likeness (QED) is 0.728. The largest absolute Gasteiger partial charge is 0.416 e. The van der Waals surface area contributed by atoms with E-state index in [0.717, 1.165) is 18.6 Å². The van der Waals surface area contributed by atoms with E-state index in [-0.39, 0.29) is 0 Å². The molecule has 0 saturated heterocycles. The summed E-state index contributed by atoms with van der Waals surface area (Å²) < 4.78 is 6.15. The van der Waals surface area contributed by atoms with Gasteiger partial charge >= 0.3 is 0 Å². The lowest BCUT2D eigenvalue weighted by Gasteiger charge is -2.36. The van der Waals surface area contributed by atoms with Crippen molar-refractivity contribution in [1.29, 1.82) is 0 Å². The summed E-state index contributed by atoms with van der Waals surface area (Å²) in [4.78, 5) is 0. The maximum absolute atomic E-state index is 6.15. The van der Waals surface area contributed by atoms with E-state index in [1.807, 2.05) is 7.05 Å². The van der Waals surface area contributed by atoms with Gasteiger partial charge in [-0.25, -0.2) is 0 Å². The number of hydrogen-bond donors (Lipinski definition) is 1. The Labute approximate surface area is 89.6 Å². The van der Waals surface area contributed by atoms with Crippen molar-refractivity contribution in [1.82, 2.24) is 5.32 Å². The second-order valence-corrected chi connectivity index (χ2v) is 10.8. The van der Waals surface area contributed by atoms with Gasteiger partial charge in [-0.05, 0) is 37.5 Å². The maximum Gasteiger partial charge on any atom is 0.191 e. The van der Waals surface area contributed by atoms with Crippen LogP contribution in [0.4, 0.5) is 0 Å². The highest BCUT2D eigenvalue weighted by atomic mass is 28.4. The summed E-state index contributed by atoms with van der Waals surface area (Å²) in [5, 5.41) is 3.64. The van der Waals surface area contributed by atoms with Crippen LogP contribution in [0.5, 0.6) is 0 Å². The van der Waals surface area contributed by atoms with Gasteiger partial charge in [0.1, 0.15) is 0 Å². The minimum atomic E-state index is -1.50. The van der Waals surface area contributed by atoms with Gasteiger partial charge in [-0.1, -0.05) is 20.8 Å². The Morgan fingerprint density at radius 1 is 1.36 bits per heavy atom. The Balaban J connectivity index is 2.31. The van der Waals surface area contributed by atoms with Gasteiger partial charge in [0.15, 0.2) is 8.32 Å². The predicted octanol–water partition coefficient (Wildman–Crippen LogP) is 2.62. The molecule has 1 aliphatic carbocycles. The fourth-order valence-electron chi connectivity index (χ4n) is 1.32. The monoisotopic (exact) mass is 215 g/mol. The molecule has 0 aromatic carbocycles. The molecule has 1 fully saturated rings. The van der Waals surface area contributed by atoms with Crippen molar-refractivity contribution in [2.45, 2.75) is 51.4 Å². The molecule has 2 unspecified atom stereocenters. The van der Waals surface area contributed by atoms with E-state index in [0.29, 0.717) is 5.04 Å². The van der Waals surface area contributed by atoms with Crippen LogP contribution in [-0.2, 0) is 4.43 Å². The highest BCUT2D eigenvalue weighted by Gasteiger charge is 2.41. The Kier molecular flexibility index (Phi) is 3.44. The molecule has 1 saturated carbocycles. The number of rotatable bonds is 4. The molecule has 0 radical (unpaired) electrons. The highest BCUT2D eigenvalue weighted by Crippen LogP contribution is 2.39. The molecule has 0 heterocycles.